The molecule has 0 radical (unpaired) electrons. The van der Waals surface area contributed by atoms with Gasteiger partial charge < -0.3 is 32.2 Å². The van der Waals surface area contributed by atoms with Crippen LogP contribution in [0.15, 0.2) is 0 Å². The fourth-order valence-corrected chi connectivity index (χ4v) is 0. The maximum absolute atomic E-state index is 9.37. The van der Waals surface area contributed by atoms with Gasteiger partial charge >= 0.3 is 5.97 Å². The Labute approximate surface area is 182 Å². The fourth-order valence-electron chi connectivity index (χ4n) is 0. The Balaban J connectivity index is -0.00000000958. The van der Waals surface area contributed by atoms with E-state index in [2.05, 4.69) is 35.9 Å². The minimum Gasteiger partial charge on any atom is -0.481 e. The lowest BCUT2D eigenvalue weighted by molar-refractivity contribution is -0.136. The standard InChI is InChI=1S/C3H5N.C3H6O2.C3H8.C2H6O.4CH4.4H4NP/c1-2-3-4;1-2-3(4)5;1-3-2;1-2-3;;;;;4*1-2/h2H2,1H3;2H2,1H3,(H,4,5);3H2,1-2H3;3H,2H2,1H3;4*1H4;4*1-2H2. The van der Waals surface area contributed by atoms with E-state index in [1.807, 2.05) is 50.6 Å². The van der Waals surface area contributed by atoms with Gasteiger partial charge in [0.1, 0.15) is 0 Å². The molecule has 0 aromatic heterocycles. The van der Waals surface area contributed by atoms with Crippen molar-refractivity contribution in [1.29, 1.82) is 5.26 Å². The number of aliphatic carboxylic acids is 1. The minimum absolute atomic E-state index is 0. The second-order valence-corrected chi connectivity index (χ2v) is 2.28. The van der Waals surface area contributed by atoms with Crippen molar-refractivity contribution in [3.05, 3.63) is 0 Å². The third kappa shape index (κ3) is 1310. The van der Waals surface area contributed by atoms with E-state index in [4.69, 9.17) is 15.5 Å². The summed E-state index contributed by atoms with van der Waals surface area (Å²) in [5.41, 5.74) is 17.7. The Bertz CT molecular complexity index is 158. The number of aliphatic hydroxyl groups is 1. The normalized spacial score (nSPS) is 4.33. The molecule has 12 heteroatoms. The molecule has 0 fully saturated rings. The molecule has 0 heterocycles. The van der Waals surface area contributed by atoms with Crippen LogP contribution in [0.5, 0.6) is 0 Å². The van der Waals surface area contributed by atoms with Crippen LogP contribution in [-0.4, -0.2) is 22.8 Å². The highest BCUT2D eigenvalue weighted by molar-refractivity contribution is 7.13. The fraction of sp³-hybridized carbons (Fsp3) is 0.867. The van der Waals surface area contributed by atoms with Crippen molar-refractivity contribution in [2.24, 2.45) is 22.0 Å². The number of nitrogens with two attached hydrogens (primary N) is 4. The molecule has 4 unspecified atom stereocenters. The van der Waals surface area contributed by atoms with Crippen LogP contribution in [0.3, 0.4) is 0 Å². The summed E-state index contributed by atoms with van der Waals surface area (Å²) >= 11 is 0. The van der Waals surface area contributed by atoms with Gasteiger partial charge in [0.25, 0.3) is 0 Å². The summed E-state index contributed by atoms with van der Waals surface area (Å²) < 4.78 is 0. The average Bonchev–Trinajstić information content (AvgIpc) is 2.63. The zero-order valence-electron chi connectivity index (χ0n) is 15.2. The molecule has 10 N–H and O–H groups in total. The molecular weight excluding hydrogens is 422 g/mol. The van der Waals surface area contributed by atoms with E-state index in [1.54, 1.807) is 13.8 Å². The van der Waals surface area contributed by atoms with Gasteiger partial charge in [-0.25, -0.2) is 0 Å². The van der Waals surface area contributed by atoms with Gasteiger partial charge in [0, 0.05) is 19.4 Å². The van der Waals surface area contributed by atoms with Crippen LogP contribution in [0.25, 0.3) is 0 Å². The number of rotatable bonds is 1. The molecule has 8 nitrogen and oxygen atoms in total. The van der Waals surface area contributed by atoms with E-state index in [0.29, 0.717) is 6.42 Å². The van der Waals surface area contributed by atoms with Crippen molar-refractivity contribution in [3.63, 3.8) is 0 Å². The predicted octanol–water partition coefficient (Wildman–Crippen LogP) is 4.30. The molecule has 0 aromatic rings. The van der Waals surface area contributed by atoms with Gasteiger partial charge in [0.2, 0.25) is 0 Å². The first kappa shape index (κ1) is 80.4. The highest BCUT2D eigenvalue weighted by atomic mass is 31.0. The number of nitrogens with zero attached hydrogens (tertiary/aromatic N) is 1. The smallest absolute Gasteiger partial charge is 0.303 e. The van der Waals surface area contributed by atoms with Crippen LogP contribution in [0.2, 0.25) is 0 Å². The third-order valence-electron chi connectivity index (χ3n) is 0.461. The number of aliphatic hydroxyl groups excluding tert-OH is 1. The van der Waals surface area contributed by atoms with Crippen LogP contribution in [0.1, 0.15) is 83.6 Å². The van der Waals surface area contributed by atoms with E-state index in [0.717, 1.165) is 0 Å². The highest BCUT2D eigenvalue weighted by Gasteiger charge is 1.80. The van der Waals surface area contributed by atoms with Gasteiger partial charge in [-0.05, 0) is 6.92 Å². The first-order chi connectivity index (χ1) is 11.0. The van der Waals surface area contributed by atoms with Crippen LogP contribution in [0, 0.1) is 11.3 Å². The Hall–Kier alpha value is 0.480. The monoisotopic (exact) mass is 479 g/mol. The molecule has 0 aromatic carbocycles. The topological polar surface area (TPSA) is 185 Å². The molecule has 0 aliphatic heterocycles. The Morgan fingerprint density at radius 1 is 0.815 bits per heavy atom. The van der Waals surface area contributed by atoms with E-state index in [9.17, 15) is 4.79 Å². The third-order valence-corrected chi connectivity index (χ3v) is 0.461. The second kappa shape index (κ2) is 239. The Morgan fingerprint density at radius 2 is 0.889 bits per heavy atom. The molecule has 0 spiro atoms. The summed E-state index contributed by atoms with van der Waals surface area (Å²) in [4.78, 5) is 9.37. The maximum atomic E-state index is 9.37. The number of hydrogen-bond donors (Lipinski definition) is 6. The van der Waals surface area contributed by atoms with Crippen LogP contribution in [0.4, 0.5) is 0 Å². The molecule has 0 amide bonds. The van der Waals surface area contributed by atoms with Gasteiger partial charge in [0.15, 0.2) is 0 Å². The van der Waals surface area contributed by atoms with Crippen molar-refractivity contribution in [2.45, 2.75) is 83.6 Å². The van der Waals surface area contributed by atoms with Crippen molar-refractivity contribution in [3.8, 4) is 6.07 Å². The molecule has 0 aliphatic carbocycles. The van der Waals surface area contributed by atoms with Crippen LogP contribution < -0.4 is 22.0 Å². The van der Waals surface area contributed by atoms with Gasteiger partial charge in [-0.3, -0.25) is 4.79 Å². The van der Waals surface area contributed by atoms with Gasteiger partial charge in [-0.2, -0.15) is 5.26 Å². The lowest BCUT2D eigenvalue weighted by atomic mass is 10.5. The molecule has 0 rings (SSSR count). The molecular formula is C15H57N5O3P4. The lowest BCUT2D eigenvalue weighted by Crippen LogP contribution is -1.86. The first-order valence-electron chi connectivity index (χ1n) is 6.54. The van der Waals surface area contributed by atoms with Crippen molar-refractivity contribution >= 4 is 43.5 Å². The van der Waals surface area contributed by atoms with E-state index in [1.165, 1.54) is 6.42 Å². The molecule has 4 atom stereocenters. The lowest BCUT2D eigenvalue weighted by Gasteiger charge is -1.71. The summed E-state index contributed by atoms with van der Waals surface area (Å²) in [6.07, 6.45) is 2.10. The number of carboxylic acid groups (broad SMARTS) is 1. The quantitative estimate of drug-likeness (QED) is 0.300. The minimum atomic E-state index is -0.745. The van der Waals surface area contributed by atoms with Gasteiger partial charge in [0.05, 0.1) is 6.07 Å². The van der Waals surface area contributed by atoms with E-state index >= 15 is 0 Å². The zero-order valence-corrected chi connectivity index (χ0v) is 19.8. The summed E-state index contributed by atoms with van der Waals surface area (Å²) in [7, 11) is 7.67. The van der Waals surface area contributed by atoms with Crippen LogP contribution in [-0.2, 0) is 4.79 Å². The average molecular weight is 480 g/mol. The summed E-state index contributed by atoms with van der Waals surface area (Å²) in [5, 5.41) is 22.9. The Morgan fingerprint density at radius 3 is 0.889 bits per heavy atom. The summed E-state index contributed by atoms with van der Waals surface area (Å²) in [6.45, 7) is 9.60. The summed E-state index contributed by atoms with van der Waals surface area (Å²) in [6, 6.07) is 1.93. The van der Waals surface area contributed by atoms with E-state index < -0.39 is 5.97 Å². The first-order valence-corrected chi connectivity index (χ1v) is 9.21. The highest BCUT2D eigenvalue weighted by Crippen LogP contribution is 1.67. The van der Waals surface area contributed by atoms with Gasteiger partial charge in [-0.1, -0.05) is 101 Å². The number of carbonyl (C=O) groups is 1. The maximum Gasteiger partial charge on any atom is 0.303 e. The van der Waals surface area contributed by atoms with Gasteiger partial charge in [-0.15, -0.1) is 0 Å². The second-order valence-electron chi connectivity index (χ2n) is 2.28. The molecule has 0 aliphatic rings. The number of carboxylic acids is 1. The number of hydrogen-bond acceptors (Lipinski definition) is 7. The number of nitriles is 1. The molecule has 0 saturated heterocycles. The van der Waals surface area contributed by atoms with Crippen molar-refractivity contribution < 1.29 is 15.0 Å². The zero-order chi connectivity index (χ0) is 21.1. The van der Waals surface area contributed by atoms with Crippen molar-refractivity contribution in [2.75, 3.05) is 6.61 Å². The molecule has 0 saturated carbocycles. The van der Waals surface area contributed by atoms with E-state index in [-0.39, 0.29) is 42.7 Å². The van der Waals surface area contributed by atoms with Crippen LogP contribution >= 0.6 is 37.6 Å². The molecule has 180 valence electrons. The van der Waals surface area contributed by atoms with Crippen molar-refractivity contribution in [1.82, 2.24) is 0 Å². The Kier molecular flexibility index (Phi) is 712. The molecule has 27 heavy (non-hydrogen) atoms. The largest absolute Gasteiger partial charge is 0.481 e. The molecule has 0 bridgehead atoms. The summed E-state index contributed by atoms with van der Waals surface area (Å²) in [5.74, 6) is -0.745. The SMILES string of the molecule is C.C.C.C.CCC.CCC#N.CCC(=O)O.CCO.NP.NP.NP.NP. The predicted molar refractivity (Wildman–Crippen MR) is 145 cm³/mol.